The molecular weight excluding hydrogens is 302 g/mol. The Balaban J connectivity index is 1.33. The highest BCUT2D eigenvalue weighted by atomic mass is 16.3. The molecule has 136 valence electrons. The predicted octanol–water partition coefficient (Wildman–Crippen LogP) is 2.34. The Morgan fingerprint density at radius 3 is 2.50 bits per heavy atom. The van der Waals surface area contributed by atoms with Crippen molar-refractivity contribution in [3.8, 4) is 0 Å². The van der Waals surface area contributed by atoms with Crippen molar-refractivity contribution in [2.45, 2.75) is 95.0 Å². The highest BCUT2D eigenvalue weighted by molar-refractivity contribution is 5.76. The zero-order valence-electron chi connectivity index (χ0n) is 15.2. The average molecular weight is 335 g/mol. The molecule has 24 heavy (non-hydrogen) atoms. The maximum Gasteiger partial charge on any atom is 0.318 e. The lowest BCUT2D eigenvalue weighted by atomic mass is 9.78. The molecule has 4 unspecified atom stereocenters. The van der Waals surface area contributed by atoms with Gasteiger partial charge in [-0.1, -0.05) is 6.92 Å². The minimum absolute atomic E-state index is 0.124. The van der Waals surface area contributed by atoms with Crippen LogP contribution in [-0.2, 0) is 0 Å². The van der Waals surface area contributed by atoms with E-state index >= 15 is 0 Å². The van der Waals surface area contributed by atoms with Crippen LogP contribution in [0.1, 0.15) is 65.2 Å². The number of rotatable bonds is 2. The minimum atomic E-state index is -0.238. The zero-order chi connectivity index (χ0) is 16.9. The van der Waals surface area contributed by atoms with E-state index in [0.717, 1.165) is 32.1 Å². The number of urea groups is 1. The number of aliphatic hydroxyl groups excluding tert-OH is 1. The van der Waals surface area contributed by atoms with Gasteiger partial charge in [0.15, 0.2) is 0 Å². The Bertz CT molecular complexity index is 485. The molecule has 4 fully saturated rings. The monoisotopic (exact) mass is 335 g/mol. The lowest BCUT2D eigenvalue weighted by Crippen LogP contribution is -2.59. The van der Waals surface area contributed by atoms with Gasteiger partial charge in [-0.05, 0) is 71.4 Å². The molecule has 4 rings (SSSR count). The molecule has 0 aromatic carbocycles. The zero-order valence-corrected chi connectivity index (χ0v) is 15.2. The normalized spacial score (nSPS) is 45.8. The van der Waals surface area contributed by atoms with Crippen LogP contribution >= 0.6 is 0 Å². The number of aliphatic hydroxyl groups is 1. The smallest absolute Gasteiger partial charge is 0.318 e. The molecule has 5 heteroatoms. The van der Waals surface area contributed by atoms with Gasteiger partial charge in [0.25, 0.3) is 0 Å². The fourth-order valence-electron chi connectivity index (χ4n) is 5.53. The molecule has 2 bridgehead atoms. The summed E-state index contributed by atoms with van der Waals surface area (Å²) in [6.45, 7) is 7.00. The third-order valence-electron chi connectivity index (χ3n) is 7.52. The van der Waals surface area contributed by atoms with Gasteiger partial charge in [0.05, 0.1) is 6.10 Å². The highest BCUT2D eigenvalue weighted by Gasteiger charge is 2.47. The van der Waals surface area contributed by atoms with E-state index in [1.165, 1.54) is 32.4 Å². The topological polar surface area (TPSA) is 55.8 Å². The standard InChI is InChI=1S/C19H33N3O2/c1-13-16-5-4-15(12-17(13)23)22(16)18(24)20-14-6-8-19(2,9-7-14)21-10-3-11-21/h13-17,23H,3-12H2,1-2H3,(H,20,24). The number of nitrogens with one attached hydrogen (secondary N) is 1. The molecule has 1 aliphatic carbocycles. The first-order valence-corrected chi connectivity index (χ1v) is 10.00. The molecule has 4 atom stereocenters. The Labute approximate surface area is 145 Å². The number of hydrogen-bond donors (Lipinski definition) is 2. The third-order valence-corrected chi connectivity index (χ3v) is 7.52. The van der Waals surface area contributed by atoms with Crippen LogP contribution < -0.4 is 5.32 Å². The van der Waals surface area contributed by atoms with Gasteiger partial charge in [0.1, 0.15) is 0 Å². The Hall–Kier alpha value is -0.810. The van der Waals surface area contributed by atoms with Crippen molar-refractivity contribution < 1.29 is 9.90 Å². The molecule has 2 N–H and O–H groups in total. The van der Waals surface area contributed by atoms with Crippen molar-refractivity contribution in [2.24, 2.45) is 5.92 Å². The summed E-state index contributed by atoms with van der Waals surface area (Å²) in [7, 11) is 0. The van der Waals surface area contributed by atoms with Crippen molar-refractivity contribution in [1.29, 1.82) is 0 Å². The van der Waals surface area contributed by atoms with Gasteiger partial charge in [-0.3, -0.25) is 4.90 Å². The number of piperidine rings is 1. The van der Waals surface area contributed by atoms with Crippen LogP contribution in [-0.4, -0.2) is 63.8 Å². The molecule has 3 aliphatic heterocycles. The van der Waals surface area contributed by atoms with Gasteiger partial charge in [0.2, 0.25) is 0 Å². The lowest BCUT2D eigenvalue weighted by Gasteiger charge is -2.50. The first kappa shape index (κ1) is 16.6. The summed E-state index contributed by atoms with van der Waals surface area (Å²) >= 11 is 0. The van der Waals surface area contributed by atoms with E-state index in [4.69, 9.17) is 0 Å². The second-order valence-electron chi connectivity index (χ2n) is 8.93. The van der Waals surface area contributed by atoms with E-state index < -0.39 is 0 Å². The van der Waals surface area contributed by atoms with Crippen LogP contribution in [0, 0.1) is 5.92 Å². The lowest BCUT2D eigenvalue weighted by molar-refractivity contribution is 0.00109. The number of carbonyl (C=O) groups is 1. The van der Waals surface area contributed by atoms with E-state index in [-0.39, 0.29) is 30.1 Å². The number of hydrogen-bond acceptors (Lipinski definition) is 3. The summed E-state index contributed by atoms with van der Waals surface area (Å²) in [6, 6.07) is 0.928. The van der Waals surface area contributed by atoms with Gasteiger partial charge >= 0.3 is 6.03 Å². The summed E-state index contributed by atoms with van der Waals surface area (Å²) in [5.74, 6) is 0.204. The van der Waals surface area contributed by atoms with Gasteiger partial charge in [-0.25, -0.2) is 4.79 Å². The molecule has 5 nitrogen and oxygen atoms in total. The van der Waals surface area contributed by atoms with Crippen LogP contribution in [0.3, 0.4) is 0 Å². The maximum atomic E-state index is 12.9. The van der Waals surface area contributed by atoms with E-state index in [0.29, 0.717) is 11.6 Å². The molecule has 3 heterocycles. The van der Waals surface area contributed by atoms with Crippen LogP contribution in [0.15, 0.2) is 0 Å². The highest BCUT2D eigenvalue weighted by Crippen LogP contribution is 2.40. The number of likely N-dealkylation sites (tertiary alicyclic amines) is 1. The van der Waals surface area contributed by atoms with Crippen molar-refractivity contribution in [3.05, 3.63) is 0 Å². The van der Waals surface area contributed by atoms with E-state index in [2.05, 4.69) is 29.0 Å². The first-order chi connectivity index (χ1) is 11.5. The molecule has 0 radical (unpaired) electrons. The van der Waals surface area contributed by atoms with Crippen LogP contribution in [0.25, 0.3) is 0 Å². The van der Waals surface area contributed by atoms with Gasteiger partial charge in [-0.2, -0.15) is 0 Å². The second-order valence-corrected chi connectivity index (χ2v) is 8.93. The Morgan fingerprint density at radius 2 is 1.88 bits per heavy atom. The largest absolute Gasteiger partial charge is 0.393 e. The number of nitrogens with zero attached hydrogens (tertiary/aromatic N) is 2. The van der Waals surface area contributed by atoms with Gasteiger partial charge in [-0.15, -0.1) is 0 Å². The van der Waals surface area contributed by atoms with Crippen molar-refractivity contribution in [1.82, 2.24) is 15.1 Å². The summed E-state index contributed by atoms with van der Waals surface area (Å²) in [5, 5.41) is 13.5. The summed E-state index contributed by atoms with van der Waals surface area (Å²) < 4.78 is 0. The molecule has 1 saturated carbocycles. The average Bonchev–Trinajstić information content (AvgIpc) is 2.84. The molecule has 2 amide bonds. The van der Waals surface area contributed by atoms with Crippen LogP contribution in [0.4, 0.5) is 4.79 Å². The van der Waals surface area contributed by atoms with E-state index in [1.54, 1.807) is 0 Å². The number of carbonyl (C=O) groups excluding carboxylic acids is 1. The Morgan fingerprint density at radius 1 is 1.17 bits per heavy atom. The Kier molecular flexibility index (Phi) is 4.28. The van der Waals surface area contributed by atoms with Crippen molar-refractivity contribution in [2.75, 3.05) is 13.1 Å². The maximum absolute atomic E-state index is 12.9. The molecular formula is C19H33N3O2. The minimum Gasteiger partial charge on any atom is -0.393 e. The summed E-state index contributed by atoms with van der Waals surface area (Å²) in [6.07, 6.45) is 8.55. The molecule has 3 saturated heterocycles. The van der Waals surface area contributed by atoms with Gasteiger partial charge < -0.3 is 15.3 Å². The SMILES string of the molecule is CC1C(O)CC2CCC1N2C(=O)NC1CCC(C)(N2CCC2)CC1. The van der Waals surface area contributed by atoms with E-state index in [1.807, 2.05) is 0 Å². The molecule has 0 aromatic heterocycles. The summed E-state index contributed by atoms with van der Waals surface area (Å²) in [5.41, 5.74) is 0.363. The van der Waals surface area contributed by atoms with Crippen molar-refractivity contribution in [3.63, 3.8) is 0 Å². The predicted molar refractivity (Wildman–Crippen MR) is 93.8 cm³/mol. The van der Waals surface area contributed by atoms with Crippen LogP contribution in [0.2, 0.25) is 0 Å². The quantitative estimate of drug-likeness (QED) is 0.814. The fourth-order valence-corrected chi connectivity index (χ4v) is 5.53. The van der Waals surface area contributed by atoms with Gasteiger partial charge in [0, 0.05) is 29.6 Å². The van der Waals surface area contributed by atoms with E-state index in [9.17, 15) is 9.90 Å². The second kappa shape index (κ2) is 6.17. The summed E-state index contributed by atoms with van der Waals surface area (Å²) in [4.78, 5) is 17.6. The van der Waals surface area contributed by atoms with Crippen molar-refractivity contribution >= 4 is 6.03 Å². The number of amides is 2. The molecule has 0 aromatic rings. The van der Waals surface area contributed by atoms with Crippen LogP contribution in [0.5, 0.6) is 0 Å². The molecule has 4 aliphatic rings. The molecule has 0 spiro atoms. The fraction of sp³-hybridized carbons (Fsp3) is 0.947. The number of fused-ring (bicyclic) bond motifs is 2. The third kappa shape index (κ3) is 2.74. The first-order valence-electron chi connectivity index (χ1n) is 10.00.